The summed E-state index contributed by atoms with van der Waals surface area (Å²) < 4.78 is 5.53. The van der Waals surface area contributed by atoms with E-state index in [1.165, 1.54) is 11.3 Å². The minimum absolute atomic E-state index is 0.250. The largest absolute Gasteiger partial charge is 0.376 e. The van der Waals surface area contributed by atoms with Gasteiger partial charge in [0.25, 0.3) is 0 Å². The van der Waals surface area contributed by atoms with Gasteiger partial charge in [0.1, 0.15) is 0 Å². The molecule has 122 valence electrons. The van der Waals surface area contributed by atoms with E-state index in [0.717, 1.165) is 39.1 Å². The summed E-state index contributed by atoms with van der Waals surface area (Å²) in [7, 11) is 0. The van der Waals surface area contributed by atoms with E-state index in [4.69, 9.17) is 10.5 Å². The van der Waals surface area contributed by atoms with Crippen molar-refractivity contribution in [3.63, 3.8) is 0 Å². The van der Waals surface area contributed by atoms with Gasteiger partial charge < -0.3 is 20.7 Å². The van der Waals surface area contributed by atoms with Crippen molar-refractivity contribution in [1.29, 1.82) is 0 Å². The van der Waals surface area contributed by atoms with Gasteiger partial charge in [0.15, 0.2) is 5.96 Å². The maximum atomic E-state index is 5.91. The van der Waals surface area contributed by atoms with Crippen LogP contribution >= 0.6 is 0 Å². The number of guanidine groups is 1. The van der Waals surface area contributed by atoms with E-state index in [2.05, 4.69) is 53.3 Å². The number of likely N-dealkylation sites (N-methyl/N-ethyl adjacent to an activating group) is 1. The second-order valence-electron chi connectivity index (χ2n) is 5.71. The van der Waals surface area contributed by atoms with Crippen molar-refractivity contribution < 1.29 is 4.74 Å². The molecular weight excluding hydrogens is 276 g/mol. The highest BCUT2D eigenvalue weighted by molar-refractivity contribution is 5.77. The number of hydrogen-bond donors (Lipinski definition) is 2. The summed E-state index contributed by atoms with van der Waals surface area (Å²) >= 11 is 0. The Morgan fingerprint density at radius 1 is 1.50 bits per heavy atom. The van der Waals surface area contributed by atoms with Gasteiger partial charge in [-0.3, -0.25) is 4.99 Å². The van der Waals surface area contributed by atoms with Gasteiger partial charge in [-0.1, -0.05) is 12.1 Å². The molecule has 2 rings (SSSR count). The highest BCUT2D eigenvalue weighted by atomic mass is 16.5. The molecule has 0 amide bonds. The summed E-state index contributed by atoms with van der Waals surface area (Å²) in [6.07, 6.45) is 2.48. The van der Waals surface area contributed by atoms with Gasteiger partial charge in [-0.25, -0.2) is 0 Å². The molecule has 0 spiro atoms. The maximum Gasteiger partial charge on any atom is 0.188 e. The highest BCUT2D eigenvalue weighted by Crippen LogP contribution is 2.15. The molecule has 0 saturated carbocycles. The standard InChI is InChI=1S/C17H28N4O/c1-3-21(15-7-4-6-14(2)12-15)10-9-19-17(18)20-13-16-8-5-11-22-16/h4,6-7,12,16H,3,5,8-11,13H2,1-2H3,(H3,18,19,20). The number of nitrogens with one attached hydrogen (secondary N) is 1. The van der Waals surface area contributed by atoms with Crippen LogP contribution in [0.4, 0.5) is 5.69 Å². The number of rotatable bonds is 7. The fourth-order valence-corrected chi connectivity index (χ4v) is 2.66. The summed E-state index contributed by atoms with van der Waals surface area (Å²) in [5.41, 5.74) is 8.44. The third-order valence-corrected chi connectivity index (χ3v) is 3.93. The zero-order valence-electron chi connectivity index (χ0n) is 13.7. The molecule has 1 heterocycles. The second-order valence-corrected chi connectivity index (χ2v) is 5.71. The molecular formula is C17H28N4O. The molecule has 5 nitrogen and oxygen atoms in total. The van der Waals surface area contributed by atoms with E-state index >= 15 is 0 Å². The summed E-state index contributed by atoms with van der Waals surface area (Å²) in [6, 6.07) is 8.56. The van der Waals surface area contributed by atoms with Crippen LogP contribution in [0.1, 0.15) is 25.3 Å². The second kappa shape index (κ2) is 8.63. The van der Waals surface area contributed by atoms with Crippen molar-refractivity contribution in [2.24, 2.45) is 10.7 Å². The van der Waals surface area contributed by atoms with Gasteiger partial charge >= 0.3 is 0 Å². The highest BCUT2D eigenvalue weighted by Gasteiger charge is 2.14. The molecule has 22 heavy (non-hydrogen) atoms. The van der Waals surface area contributed by atoms with Gasteiger partial charge in [-0.2, -0.15) is 0 Å². The Kier molecular flexibility index (Phi) is 6.52. The zero-order chi connectivity index (χ0) is 15.8. The number of aryl methyl sites for hydroxylation is 1. The van der Waals surface area contributed by atoms with Crippen LogP contribution in [0.25, 0.3) is 0 Å². The van der Waals surface area contributed by atoms with Crippen molar-refractivity contribution in [2.45, 2.75) is 32.8 Å². The molecule has 1 atom stereocenters. The lowest BCUT2D eigenvalue weighted by Crippen LogP contribution is -2.39. The molecule has 0 aromatic heterocycles. The van der Waals surface area contributed by atoms with Crippen molar-refractivity contribution in [3.8, 4) is 0 Å². The number of hydrogen-bond acceptors (Lipinski definition) is 3. The minimum atomic E-state index is 0.250. The third kappa shape index (κ3) is 5.22. The van der Waals surface area contributed by atoms with E-state index in [1.807, 2.05) is 0 Å². The Labute approximate surface area is 133 Å². The number of aliphatic imine (C=N–C) groups is 1. The minimum Gasteiger partial charge on any atom is -0.376 e. The average molecular weight is 304 g/mol. The molecule has 1 unspecified atom stereocenters. The van der Waals surface area contributed by atoms with Crippen LogP contribution in [0.5, 0.6) is 0 Å². The molecule has 3 N–H and O–H groups in total. The molecule has 1 aromatic carbocycles. The monoisotopic (exact) mass is 304 g/mol. The number of benzene rings is 1. The van der Waals surface area contributed by atoms with Crippen LogP contribution in [0.3, 0.4) is 0 Å². The number of nitrogens with zero attached hydrogens (tertiary/aromatic N) is 2. The Hall–Kier alpha value is -1.75. The molecule has 1 fully saturated rings. The summed E-state index contributed by atoms with van der Waals surface area (Å²) in [4.78, 5) is 6.68. The Morgan fingerprint density at radius 3 is 3.05 bits per heavy atom. The molecule has 1 aromatic rings. The first-order chi connectivity index (χ1) is 10.7. The Balaban J connectivity index is 1.74. The fraction of sp³-hybridized carbons (Fsp3) is 0.588. The SMILES string of the molecule is CCN(CCNC(N)=NCC1CCCO1)c1cccc(C)c1. The topological polar surface area (TPSA) is 62.9 Å². The lowest BCUT2D eigenvalue weighted by Gasteiger charge is -2.23. The van der Waals surface area contributed by atoms with Crippen LogP contribution in [0.15, 0.2) is 29.3 Å². The van der Waals surface area contributed by atoms with E-state index in [0.29, 0.717) is 12.5 Å². The normalized spacial score (nSPS) is 18.5. The predicted octanol–water partition coefficient (Wildman–Crippen LogP) is 1.90. The summed E-state index contributed by atoms with van der Waals surface area (Å²) in [6.45, 7) is 8.45. The van der Waals surface area contributed by atoms with Crippen LogP contribution in [0.2, 0.25) is 0 Å². The van der Waals surface area contributed by atoms with Crippen LogP contribution in [0, 0.1) is 6.92 Å². The smallest absolute Gasteiger partial charge is 0.188 e. The van der Waals surface area contributed by atoms with Crippen molar-refractivity contribution in [2.75, 3.05) is 37.7 Å². The Bertz CT molecular complexity index is 483. The summed E-state index contributed by atoms with van der Waals surface area (Å²) in [5, 5.41) is 3.19. The first kappa shape index (κ1) is 16.6. The molecule has 0 radical (unpaired) electrons. The van der Waals surface area contributed by atoms with Gasteiger partial charge in [0.2, 0.25) is 0 Å². The number of anilines is 1. The van der Waals surface area contributed by atoms with Crippen molar-refractivity contribution in [1.82, 2.24) is 5.32 Å². The average Bonchev–Trinajstić information content (AvgIpc) is 3.03. The predicted molar refractivity (Wildman–Crippen MR) is 92.5 cm³/mol. The molecule has 0 bridgehead atoms. The van der Waals surface area contributed by atoms with Gasteiger partial charge in [0.05, 0.1) is 12.6 Å². The first-order valence-corrected chi connectivity index (χ1v) is 8.16. The molecule has 0 aliphatic carbocycles. The van der Waals surface area contributed by atoms with Crippen LogP contribution in [-0.4, -0.2) is 44.8 Å². The summed E-state index contributed by atoms with van der Waals surface area (Å²) in [5.74, 6) is 0.510. The molecule has 5 heteroatoms. The number of nitrogens with two attached hydrogens (primary N) is 1. The maximum absolute atomic E-state index is 5.91. The van der Waals surface area contributed by atoms with Gasteiger partial charge in [0, 0.05) is 31.9 Å². The zero-order valence-corrected chi connectivity index (χ0v) is 13.7. The van der Waals surface area contributed by atoms with E-state index in [9.17, 15) is 0 Å². The van der Waals surface area contributed by atoms with Crippen LogP contribution < -0.4 is 16.0 Å². The van der Waals surface area contributed by atoms with Crippen molar-refractivity contribution in [3.05, 3.63) is 29.8 Å². The molecule has 1 aliphatic heterocycles. The molecule has 1 aliphatic rings. The lowest BCUT2D eigenvalue weighted by atomic mass is 10.2. The van der Waals surface area contributed by atoms with E-state index in [1.54, 1.807) is 0 Å². The van der Waals surface area contributed by atoms with E-state index < -0.39 is 0 Å². The Morgan fingerprint density at radius 2 is 2.36 bits per heavy atom. The quantitative estimate of drug-likeness (QED) is 0.596. The van der Waals surface area contributed by atoms with Gasteiger partial charge in [-0.05, 0) is 44.4 Å². The first-order valence-electron chi connectivity index (χ1n) is 8.16. The van der Waals surface area contributed by atoms with Crippen LogP contribution in [-0.2, 0) is 4.74 Å². The third-order valence-electron chi connectivity index (χ3n) is 3.93. The van der Waals surface area contributed by atoms with Gasteiger partial charge in [-0.15, -0.1) is 0 Å². The van der Waals surface area contributed by atoms with Crippen molar-refractivity contribution >= 4 is 11.6 Å². The fourth-order valence-electron chi connectivity index (χ4n) is 2.66. The molecule has 1 saturated heterocycles. The number of ether oxygens (including phenoxy) is 1. The van der Waals surface area contributed by atoms with E-state index in [-0.39, 0.29) is 6.10 Å². The lowest BCUT2D eigenvalue weighted by molar-refractivity contribution is 0.118.